The first-order valence-electron chi connectivity index (χ1n) is 5.48. The van der Waals surface area contributed by atoms with Crippen molar-refractivity contribution in [2.75, 3.05) is 0 Å². The van der Waals surface area contributed by atoms with E-state index in [0.29, 0.717) is 6.04 Å². The molecular formula is C12H19N3. The highest BCUT2D eigenvalue weighted by Crippen LogP contribution is 2.01. The molecular weight excluding hydrogens is 186 g/mol. The molecule has 1 aromatic heterocycles. The molecule has 3 nitrogen and oxygen atoms in total. The van der Waals surface area contributed by atoms with Crippen molar-refractivity contribution in [3.63, 3.8) is 0 Å². The van der Waals surface area contributed by atoms with Gasteiger partial charge in [-0.1, -0.05) is 6.92 Å². The van der Waals surface area contributed by atoms with Crippen LogP contribution in [-0.2, 0) is 13.1 Å². The number of hydrogen-bond acceptors (Lipinski definition) is 2. The van der Waals surface area contributed by atoms with Gasteiger partial charge in [-0.2, -0.15) is 0 Å². The zero-order chi connectivity index (χ0) is 11.1. The molecule has 0 spiro atoms. The summed E-state index contributed by atoms with van der Waals surface area (Å²) in [5.41, 5.74) is 0. The summed E-state index contributed by atoms with van der Waals surface area (Å²) in [4.78, 5) is 4.30. The molecule has 0 bridgehead atoms. The van der Waals surface area contributed by atoms with Crippen molar-refractivity contribution in [2.24, 2.45) is 0 Å². The van der Waals surface area contributed by atoms with Crippen LogP contribution in [0, 0.1) is 12.3 Å². The molecule has 3 heteroatoms. The Balaban J connectivity index is 2.45. The van der Waals surface area contributed by atoms with Gasteiger partial charge in [0, 0.05) is 31.4 Å². The zero-order valence-electron chi connectivity index (χ0n) is 9.53. The number of nitrogens with one attached hydrogen (secondary N) is 1. The maximum atomic E-state index is 5.30. The van der Waals surface area contributed by atoms with Crippen LogP contribution < -0.4 is 5.32 Å². The van der Waals surface area contributed by atoms with Crippen molar-refractivity contribution in [3.05, 3.63) is 18.2 Å². The van der Waals surface area contributed by atoms with Crippen LogP contribution in [0.4, 0.5) is 0 Å². The van der Waals surface area contributed by atoms with Crippen LogP contribution in [0.5, 0.6) is 0 Å². The summed E-state index contributed by atoms with van der Waals surface area (Å²) in [6.45, 7) is 6.01. The number of imidazole rings is 1. The number of aromatic nitrogens is 2. The standard InChI is InChI=1S/C12H19N3/c1-4-7-11(5-2)14-10-12-13-8-9-15(12)6-3/h1,8-9,11,14H,5-7,10H2,2-3H3. The van der Waals surface area contributed by atoms with E-state index < -0.39 is 0 Å². The Kier molecular flexibility index (Phi) is 4.92. The molecule has 0 aliphatic heterocycles. The van der Waals surface area contributed by atoms with Crippen molar-refractivity contribution in [3.8, 4) is 12.3 Å². The topological polar surface area (TPSA) is 29.9 Å². The van der Waals surface area contributed by atoms with Gasteiger partial charge in [-0.25, -0.2) is 4.98 Å². The highest BCUT2D eigenvalue weighted by atomic mass is 15.1. The van der Waals surface area contributed by atoms with Crippen molar-refractivity contribution >= 4 is 0 Å². The average Bonchev–Trinajstić information content (AvgIpc) is 2.71. The maximum Gasteiger partial charge on any atom is 0.122 e. The van der Waals surface area contributed by atoms with Crippen molar-refractivity contribution < 1.29 is 0 Å². The fraction of sp³-hybridized carbons (Fsp3) is 0.583. The zero-order valence-corrected chi connectivity index (χ0v) is 9.53. The third-order valence-corrected chi connectivity index (χ3v) is 2.55. The molecule has 1 rings (SSSR count). The molecule has 1 aromatic rings. The molecule has 0 saturated carbocycles. The predicted octanol–water partition coefficient (Wildman–Crippen LogP) is 1.79. The van der Waals surface area contributed by atoms with E-state index >= 15 is 0 Å². The minimum absolute atomic E-state index is 0.400. The summed E-state index contributed by atoms with van der Waals surface area (Å²) in [5.74, 6) is 3.76. The van der Waals surface area contributed by atoms with Gasteiger partial charge in [0.2, 0.25) is 0 Å². The van der Waals surface area contributed by atoms with Gasteiger partial charge >= 0.3 is 0 Å². The molecule has 0 aromatic carbocycles. The minimum atomic E-state index is 0.400. The first kappa shape index (κ1) is 11.8. The molecule has 1 unspecified atom stereocenters. The van der Waals surface area contributed by atoms with Crippen LogP contribution in [0.25, 0.3) is 0 Å². The predicted molar refractivity (Wildman–Crippen MR) is 62.3 cm³/mol. The summed E-state index contributed by atoms with van der Waals surface area (Å²) < 4.78 is 2.13. The minimum Gasteiger partial charge on any atom is -0.334 e. The van der Waals surface area contributed by atoms with Gasteiger partial charge in [0.1, 0.15) is 5.82 Å². The van der Waals surface area contributed by atoms with E-state index in [1.54, 1.807) is 0 Å². The Labute approximate surface area is 91.9 Å². The smallest absolute Gasteiger partial charge is 0.122 e. The van der Waals surface area contributed by atoms with E-state index in [1.807, 2.05) is 12.4 Å². The Bertz CT molecular complexity index is 322. The summed E-state index contributed by atoms with van der Waals surface area (Å²) >= 11 is 0. The lowest BCUT2D eigenvalue weighted by atomic mass is 10.1. The summed E-state index contributed by atoms with van der Waals surface area (Å²) in [6, 6.07) is 0.400. The summed E-state index contributed by atoms with van der Waals surface area (Å²) in [6.07, 6.45) is 11.0. The van der Waals surface area contributed by atoms with Crippen molar-refractivity contribution in [1.82, 2.24) is 14.9 Å². The van der Waals surface area contributed by atoms with Gasteiger partial charge in [-0.3, -0.25) is 0 Å². The first-order valence-corrected chi connectivity index (χ1v) is 5.48. The SMILES string of the molecule is C#CCC(CC)NCc1nccn1CC. The fourth-order valence-corrected chi connectivity index (χ4v) is 1.53. The quantitative estimate of drug-likeness (QED) is 0.718. The van der Waals surface area contributed by atoms with E-state index in [2.05, 4.69) is 34.6 Å². The molecule has 0 aliphatic rings. The molecule has 0 aliphatic carbocycles. The lowest BCUT2D eigenvalue weighted by Gasteiger charge is -2.14. The third-order valence-electron chi connectivity index (χ3n) is 2.55. The van der Waals surface area contributed by atoms with E-state index in [1.165, 1.54) is 0 Å². The third kappa shape index (κ3) is 3.41. The normalized spacial score (nSPS) is 12.3. The van der Waals surface area contributed by atoms with Crippen LogP contribution >= 0.6 is 0 Å². The van der Waals surface area contributed by atoms with E-state index in [0.717, 1.165) is 31.8 Å². The molecule has 0 saturated heterocycles. The molecule has 0 fully saturated rings. The summed E-state index contributed by atoms with van der Waals surface area (Å²) in [7, 11) is 0. The van der Waals surface area contributed by atoms with E-state index in [4.69, 9.17) is 6.42 Å². The Morgan fingerprint density at radius 3 is 3.00 bits per heavy atom. The molecule has 1 atom stereocenters. The highest BCUT2D eigenvalue weighted by molar-refractivity contribution is 4.94. The van der Waals surface area contributed by atoms with Crippen LogP contribution in [-0.4, -0.2) is 15.6 Å². The van der Waals surface area contributed by atoms with Crippen LogP contribution in [0.3, 0.4) is 0 Å². The lowest BCUT2D eigenvalue weighted by molar-refractivity contribution is 0.487. The largest absolute Gasteiger partial charge is 0.334 e. The Morgan fingerprint density at radius 1 is 1.60 bits per heavy atom. The van der Waals surface area contributed by atoms with Gasteiger partial charge < -0.3 is 9.88 Å². The molecule has 15 heavy (non-hydrogen) atoms. The second-order valence-electron chi connectivity index (χ2n) is 3.52. The van der Waals surface area contributed by atoms with Crippen LogP contribution in [0.1, 0.15) is 32.5 Å². The first-order chi connectivity index (χ1) is 7.31. The average molecular weight is 205 g/mol. The molecule has 0 radical (unpaired) electrons. The second kappa shape index (κ2) is 6.26. The number of terminal acetylenes is 1. The molecule has 0 amide bonds. The van der Waals surface area contributed by atoms with Gasteiger partial charge in [0.05, 0.1) is 6.54 Å². The summed E-state index contributed by atoms with van der Waals surface area (Å²) in [5, 5.41) is 3.42. The van der Waals surface area contributed by atoms with E-state index in [9.17, 15) is 0 Å². The second-order valence-corrected chi connectivity index (χ2v) is 3.52. The number of rotatable bonds is 6. The van der Waals surface area contributed by atoms with Crippen LogP contribution in [0.15, 0.2) is 12.4 Å². The fourth-order valence-electron chi connectivity index (χ4n) is 1.53. The van der Waals surface area contributed by atoms with Crippen LogP contribution in [0.2, 0.25) is 0 Å². The lowest BCUT2D eigenvalue weighted by Crippen LogP contribution is -2.28. The Morgan fingerprint density at radius 2 is 2.40 bits per heavy atom. The van der Waals surface area contributed by atoms with Gasteiger partial charge in [0.15, 0.2) is 0 Å². The highest BCUT2D eigenvalue weighted by Gasteiger charge is 2.06. The number of aryl methyl sites for hydroxylation is 1. The Hall–Kier alpha value is -1.27. The molecule has 82 valence electrons. The van der Waals surface area contributed by atoms with Crippen molar-refractivity contribution in [1.29, 1.82) is 0 Å². The molecule has 1 heterocycles. The number of nitrogens with zero attached hydrogens (tertiary/aromatic N) is 2. The molecule has 1 N–H and O–H groups in total. The van der Waals surface area contributed by atoms with Gasteiger partial charge in [0.25, 0.3) is 0 Å². The van der Waals surface area contributed by atoms with Gasteiger partial charge in [-0.15, -0.1) is 12.3 Å². The van der Waals surface area contributed by atoms with E-state index in [-0.39, 0.29) is 0 Å². The number of hydrogen-bond donors (Lipinski definition) is 1. The van der Waals surface area contributed by atoms with Gasteiger partial charge in [-0.05, 0) is 13.3 Å². The monoisotopic (exact) mass is 205 g/mol. The maximum absolute atomic E-state index is 5.30. The van der Waals surface area contributed by atoms with Crippen molar-refractivity contribution in [2.45, 2.75) is 45.8 Å².